The number of thiol groups is 1. The van der Waals surface area contributed by atoms with Crippen molar-refractivity contribution in [1.82, 2.24) is 4.90 Å². The average Bonchev–Trinajstić information content (AvgIpc) is 1.36. The molecule has 0 aromatic heterocycles. The van der Waals surface area contributed by atoms with E-state index in [1.807, 2.05) is 0 Å². The Balaban J connectivity index is 3.26. The second-order valence-corrected chi connectivity index (χ2v) is 1.64. The highest BCUT2D eigenvalue weighted by molar-refractivity contribution is 7.96. The molecule has 3 heteroatoms. The topological polar surface area (TPSA) is 27.1 Å². The van der Waals surface area contributed by atoms with Crippen molar-refractivity contribution in [2.75, 3.05) is 14.1 Å². The maximum Gasteiger partial charge on any atom is 0.152 e. The summed E-state index contributed by atoms with van der Waals surface area (Å²) in [4.78, 5) is 1.61. The zero-order valence-electron chi connectivity index (χ0n) is 3.89. The number of nitrogens with one attached hydrogen (secondary N) is 1. The van der Waals surface area contributed by atoms with Crippen molar-refractivity contribution in [1.29, 1.82) is 5.41 Å². The van der Waals surface area contributed by atoms with Crippen LogP contribution in [0.25, 0.3) is 0 Å². The summed E-state index contributed by atoms with van der Waals surface area (Å²) < 4.78 is 0. The Morgan fingerprint density at radius 3 is 1.83 bits per heavy atom. The summed E-state index contributed by atoms with van der Waals surface area (Å²) in [7, 11) is 3.55. The molecule has 36 valence electrons. The normalized spacial score (nSPS) is 7.83. The van der Waals surface area contributed by atoms with Crippen LogP contribution in [0.1, 0.15) is 0 Å². The Kier molecular flexibility index (Phi) is 2.01. The summed E-state index contributed by atoms with van der Waals surface area (Å²) in [6.07, 6.45) is 0. The van der Waals surface area contributed by atoms with Crippen molar-refractivity contribution in [2.24, 2.45) is 0 Å². The highest BCUT2D eigenvalue weighted by Crippen LogP contribution is 1.79. The molecule has 0 saturated carbocycles. The van der Waals surface area contributed by atoms with E-state index in [0.717, 1.165) is 0 Å². The first-order chi connectivity index (χ1) is 2.64. The predicted molar refractivity (Wildman–Crippen MR) is 30.4 cm³/mol. The number of hydrogen-bond acceptors (Lipinski definition) is 1. The van der Waals surface area contributed by atoms with Crippen LogP contribution in [-0.2, 0) is 0 Å². The second kappa shape index (κ2) is 2.08. The van der Waals surface area contributed by atoms with E-state index in [2.05, 4.69) is 12.6 Å². The van der Waals surface area contributed by atoms with Crippen molar-refractivity contribution in [3.8, 4) is 0 Å². The summed E-state index contributed by atoms with van der Waals surface area (Å²) in [6, 6.07) is 0. The van der Waals surface area contributed by atoms with Gasteiger partial charge < -0.3 is 4.90 Å². The van der Waals surface area contributed by atoms with Gasteiger partial charge >= 0.3 is 0 Å². The van der Waals surface area contributed by atoms with Crippen molar-refractivity contribution in [3.05, 3.63) is 0 Å². The molecule has 0 aromatic carbocycles. The van der Waals surface area contributed by atoms with E-state index in [0.29, 0.717) is 0 Å². The molecule has 0 amide bonds. The fourth-order valence-corrected chi connectivity index (χ4v) is 0. The fourth-order valence-electron chi connectivity index (χ4n) is 0. The lowest BCUT2D eigenvalue weighted by Crippen LogP contribution is -2.14. The molecule has 6 heavy (non-hydrogen) atoms. The number of amidine groups is 1. The molecule has 0 atom stereocenters. The summed E-state index contributed by atoms with van der Waals surface area (Å²) in [5.41, 5.74) is 0. The van der Waals surface area contributed by atoms with Gasteiger partial charge in [0.15, 0.2) is 5.17 Å². The molecule has 0 aliphatic carbocycles. The quantitative estimate of drug-likeness (QED) is 0.260. The van der Waals surface area contributed by atoms with Gasteiger partial charge in [0.1, 0.15) is 0 Å². The van der Waals surface area contributed by atoms with E-state index in [-0.39, 0.29) is 5.17 Å². The zero-order valence-corrected chi connectivity index (χ0v) is 4.79. The molecule has 0 spiro atoms. The molecule has 0 fully saturated rings. The molecule has 0 radical (unpaired) electrons. The second-order valence-electron chi connectivity index (χ2n) is 1.22. The van der Waals surface area contributed by atoms with E-state index < -0.39 is 0 Å². The van der Waals surface area contributed by atoms with Crippen molar-refractivity contribution in [2.45, 2.75) is 0 Å². The lowest BCUT2D eigenvalue weighted by molar-refractivity contribution is 0.633. The Morgan fingerprint density at radius 2 is 1.83 bits per heavy atom. The minimum atomic E-state index is 0.287. The minimum absolute atomic E-state index is 0.287. The van der Waals surface area contributed by atoms with Gasteiger partial charge in [-0.25, -0.2) is 0 Å². The first-order valence-corrected chi connectivity index (χ1v) is 2.04. The molecule has 0 saturated heterocycles. The van der Waals surface area contributed by atoms with Crippen molar-refractivity contribution in [3.63, 3.8) is 0 Å². The Bertz CT molecular complexity index is 59.8. The number of rotatable bonds is 0. The molecule has 0 heterocycles. The molecule has 0 aliphatic heterocycles. The molecular weight excluding hydrogens is 96.1 g/mol. The smallest absolute Gasteiger partial charge is 0.152 e. The van der Waals surface area contributed by atoms with Crippen LogP contribution in [0.2, 0.25) is 0 Å². The van der Waals surface area contributed by atoms with Gasteiger partial charge in [0.05, 0.1) is 0 Å². The van der Waals surface area contributed by atoms with E-state index in [1.165, 1.54) is 0 Å². The van der Waals surface area contributed by atoms with E-state index >= 15 is 0 Å². The fraction of sp³-hybridized carbons (Fsp3) is 0.667. The van der Waals surface area contributed by atoms with Gasteiger partial charge in [0, 0.05) is 14.1 Å². The molecule has 0 bridgehead atoms. The van der Waals surface area contributed by atoms with Gasteiger partial charge in [-0.1, -0.05) is 0 Å². The molecule has 1 N–H and O–H groups in total. The average molecular weight is 104 g/mol. The third kappa shape index (κ3) is 2.08. The number of nitrogens with zero attached hydrogens (tertiary/aromatic N) is 1. The minimum Gasteiger partial charge on any atom is -0.358 e. The zero-order chi connectivity index (χ0) is 5.15. The third-order valence-electron chi connectivity index (χ3n) is 0.424. The molecular formula is C3H8N2S. The summed E-state index contributed by atoms with van der Waals surface area (Å²) in [6.45, 7) is 0. The lowest BCUT2D eigenvalue weighted by atomic mass is 11.0. The first kappa shape index (κ1) is 5.82. The van der Waals surface area contributed by atoms with E-state index in [9.17, 15) is 0 Å². The van der Waals surface area contributed by atoms with Gasteiger partial charge in [-0.2, -0.15) is 0 Å². The van der Waals surface area contributed by atoms with Gasteiger partial charge in [-0.15, -0.1) is 12.6 Å². The van der Waals surface area contributed by atoms with Crippen LogP contribution in [-0.4, -0.2) is 24.2 Å². The maximum absolute atomic E-state index is 6.74. The third-order valence-corrected chi connectivity index (χ3v) is 0.824. The van der Waals surface area contributed by atoms with E-state index in [1.54, 1.807) is 19.0 Å². The monoisotopic (exact) mass is 104 g/mol. The summed E-state index contributed by atoms with van der Waals surface area (Å²) >= 11 is 3.70. The maximum atomic E-state index is 6.74. The standard InChI is InChI=1S/C3H8N2S/c1-5(2)3(4)6/h1-2H3,(H2,4,6). The molecule has 0 rings (SSSR count). The van der Waals surface area contributed by atoms with Crippen molar-refractivity contribution < 1.29 is 0 Å². The summed E-state index contributed by atoms with van der Waals surface area (Å²) in [5, 5.41) is 7.03. The van der Waals surface area contributed by atoms with Gasteiger partial charge in [-0.3, -0.25) is 5.41 Å². The number of hydrogen-bond donors (Lipinski definition) is 2. The van der Waals surface area contributed by atoms with Crippen molar-refractivity contribution >= 4 is 17.8 Å². The lowest BCUT2D eigenvalue weighted by Gasteiger charge is -2.05. The predicted octanol–water partition coefficient (Wildman–Crippen LogP) is 0.413. The Morgan fingerprint density at radius 1 is 1.67 bits per heavy atom. The van der Waals surface area contributed by atoms with Crippen LogP contribution in [0, 0.1) is 5.41 Å². The molecule has 2 nitrogen and oxygen atoms in total. The highest BCUT2D eigenvalue weighted by atomic mass is 32.1. The van der Waals surface area contributed by atoms with Crippen LogP contribution in [0.5, 0.6) is 0 Å². The summed E-state index contributed by atoms with van der Waals surface area (Å²) in [5.74, 6) is 0. The van der Waals surface area contributed by atoms with Gasteiger partial charge in [0.25, 0.3) is 0 Å². The Labute approximate surface area is 43.1 Å². The SMILES string of the molecule is CN(C)C(=N)S. The first-order valence-electron chi connectivity index (χ1n) is 1.59. The largest absolute Gasteiger partial charge is 0.358 e. The Hall–Kier alpha value is -0.180. The molecule has 0 unspecified atom stereocenters. The van der Waals surface area contributed by atoms with Crippen LogP contribution in [0.3, 0.4) is 0 Å². The van der Waals surface area contributed by atoms with E-state index in [4.69, 9.17) is 5.41 Å². The molecule has 0 aliphatic rings. The van der Waals surface area contributed by atoms with Crippen LogP contribution in [0.15, 0.2) is 0 Å². The highest BCUT2D eigenvalue weighted by Gasteiger charge is 1.83. The van der Waals surface area contributed by atoms with Gasteiger partial charge in [0.2, 0.25) is 0 Å². The van der Waals surface area contributed by atoms with Crippen LogP contribution >= 0.6 is 12.6 Å². The van der Waals surface area contributed by atoms with Gasteiger partial charge in [-0.05, 0) is 0 Å². The van der Waals surface area contributed by atoms with Crippen LogP contribution in [0.4, 0.5) is 0 Å². The van der Waals surface area contributed by atoms with Crippen LogP contribution < -0.4 is 0 Å². The molecule has 0 aromatic rings.